The number of nitrogens with two attached hydrogens (primary N) is 1. The van der Waals surface area contributed by atoms with E-state index in [2.05, 4.69) is 36.1 Å². The SMILES string of the molecule is CC[C@@H]1CN(c2ccc(C(F)(F)F)c(C(=O)c3cccnc3N)n2)C[C@H](CCC(C)C)N1. The fourth-order valence-electron chi connectivity index (χ4n) is 3.95. The van der Waals surface area contributed by atoms with Crippen LogP contribution in [0.25, 0.3) is 0 Å². The second-order valence-electron chi connectivity index (χ2n) is 8.67. The molecule has 0 bridgehead atoms. The summed E-state index contributed by atoms with van der Waals surface area (Å²) in [4.78, 5) is 23.0. The molecule has 1 saturated heterocycles. The third-order valence-electron chi connectivity index (χ3n) is 5.75. The number of carbonyl (C=O) groups is 1. The Hall–Kier alpha value is -2.68. The maximum atomic E-state index is 13.7. The number of hydrogen-bond donors (Lipinski definition) is 2. The maximum Gasteiger partial charge on any atom is 0.418 e. The van der Waals surface area contributed by atoms with Gasteiger partial charge < -0.3 is 16.0 Å². The molecular formula is C23H30F3N5O. The van der Waals surface area contributed by atoms with Crippen LogP contribution >= 0.6 is 0 Å². The maximum absolute atomic E-state index is 13.7. The van der Waals surface area contributed by atoms with Gasteiger partial charge in [0.25, 0.3) is 0 Å². The van der Waals surface area contributed by atoms with Gasteiger partial charge in [0.15, 0.2) is 0 Å². The Morgan fingerprint density at radius 3 is 2.59 bits per heavy atom. The number of carbonyl (C=O) groups excluding carboxylic acids is 1. The van der Waals surface area contributed by atoms with E-state index in [1.807, 2.05) is 4.90 Å². The molecule has 0 spiro atoms. The second-order valence-corrected chi connectivity index (χ2v) is 8.67. The molecule has 2 atom stereocenters. The van der Waals surface area contributed by atoms with E-state index in [0.717, 1.165) is 25.3 Å². The van der Waals surface area contributed by atoms with Crippen LogP contribution in [0.1, 0.15) is 61.6 Å². The van der Waals surface area contributed by atoms with Crippen molar-refractivity contribution in [1.82, 2.24) is 15.3 Å². The van der Waals surface area contributed by atoms with Crippen molar-refractivity contribution in [2.24, 2.45) is 5.92 Å². The number of pyridine rings is 2. The standard InChI is InChI=1S/C23H30F3N5O/c1-4-15-12-31(13-16(29-15)8-7-14(2)3)19-10-9-18(23(24,25)26)20(30-19)21(32)17-6-5-11-28-22(17)27/h5-6,9-11,14-16,29H,4,7-8,12-13H2,1-3H3,(H2,27,28)/t15-,16+/m1/s1. The Balaban J connectivity index is 1.97. The number of ketones is 1. The summed E-state index contributed by atoms with van der Waals surface area (Å²) in [5.74, 6) is -0.0907. The third kappa shape index (κ3) is 5.56. The third-order valence-corrected chi connectivity index (χ3v) is 5.75. The average Bonchev–Trinajstić information content (AvgIpc) is 2.76. The van der Waals surface area contributed by atoms with E-state index in [9.17, 15) is 18.0 Å². The summed E-state index contributed by atoms with van der Waals surface area (Å²) in [7, 11) is 0. The normalized spacial score (nSPS) is 19.4. The molecular weight excluding hydrogens is 419 g/mol. The van der Waals surface area contributed by atoms with Crippen LogP contribution in [0.2, 0.25) is 0 Å². The van der Waals surface area contributed by atoms with Crippen molar-refractivity contribution >= 4 is 17.4 Å². The Morgan fingerprint density at radius 2 is 1.97 bits per heavy atom. The van der Waals surface area contributed by atoms with Crippen LogP contribution in [0.3, 0.4) is 0 Å². The number of aromatic nitrogens is 2. The van der Waals surface area contributed by atoms with Gasteiger partial charge in [-0.05, 0) is 49.4 Å². The molecule has 2 aromatic rings. The van der Waals surface area contributed by atoms with E-state index in [1.54, 1.807) is 0 Å². The molecule has 2 aromatic heterocycles. The molecule has 0 amide bonds. The van der Waals surface area contributed by atoms with Crippen LogP contribution < -0.4 is 16.0 Å². The van der Waals surface area contributed by atoms with Gasteiger partial charge in [-0.2, -0.15) is 13.2 Å². The zero-order valence-corrected chi connectivity index (χ0v) is 18.6. The first kappa shape index (κ1) is 24.0. The molecule has 3 heterocycles. The molecule has 1 fully saturated rings. The van der Waals surface area contributed by atoms with Gasteiger partial charge >= 0.3 is 6.18 Å². The summed E-state index contributed by atoms with van der Waals surface area (Å²) in [6, 6.07) is 5.51. The van der Waals surface area contributed by atoms with Crippen LogP contribution in [-0.4, -0.2) is 40.9 Å². The highest BCUT2D eigenvalue weighted by Gasteiger charge is 2.38. The Kier molecular flexibility index (Phi) is 7.38. The minimum Gasteiger partial charge on any atom is -0.383 e. The van der Waals surface area contributed by atoms with Crippen molar-refractivity contribution in [2.45, 2.75) is 58.3 Å². The highest BCUT2D eigenvalue weighted by molar-refractivity contribution is 6.11. The van der Waals surface area contributed by atoms with Crippen molar-refractivity contribution in [3.05, 3.63) is 47.3 Å². The zero-order valence-electron chi connectivity index (χ0n) is 18.6. The first-order valence-electron chi connectivity index (χ1n) is 10.9. The van der Waals surface area contributed by atoms with Crippen LogP contribution in [0.4, 0.5) is 24.8 Å². The fraction of sp³-hybridized carbons (Fsp3) is 0.522. The van der Waals surface area contributed by atoms with E-state index in [-0.39, 0.29) is 23.5 Å². The van der Waals surface area contributed by atoms with E-state index in [0.29, 0.717) is 24.8 Å². The first-order chi connectivity index (χ1) is 15.1. The van der Waals surface area contributed by atoms with Crippen molar-refractivity contribution in [2.75, 3.05) is 23.7 Å². The molecule has 0 saturated carbocycles. The largest absolute Gasteiger partial charge is 0.418 e. The minimum atomic E-state index is -4.72. The lowest BCUT2D eigenvalue weighted by atomic mass is 9.99. The molecule has 9 heteroatoms. The molecule has 174 valence electrons. The van der Waals surface area contributed by atoms with E-state index in [1.165, 1.54) is 24.4 Å². The van der Waals surface area contributed by atoms with Crippen molar-refractivity contribution in [3.63, 3.8) is 0 Å². The van der Waals surface area contributed by atoms with Gasteiger partial charge in [0.1, 0.15) is 17.3 Å². The monoisotopic (exact) mass is 449 g/mol. The second kappa shape index (κ2) is 9.85. The number of rotatable bonds is 7. The number of hydrogen-bond acceptors (Lipinski definition) is 6. The molecule has 3 N–H and O–H groups in total. The van der Waals surface area contributed by atoms with Crippen LogP contribution in [0.5, 0.6) is 0 Å². The molecule has 1 aliphatic rings. The Bertz CT molecular complexity index is 947. The molecule has 1 aliphatic heterocycles. The van der Waals surface area contributed by atoms with E-state index in [4.69, 9.17) is 5.73 Å². The number of anilines is 2. The topological polar surface area (TPSA) is 84.1 Å². The molecule has 6 nitrogen and oxygen atoms in total. The highest BCUT2D eigenvalue weighted by atomic mass is 19.4. The van der Waals surface area contributed by atoms with Gasteiger partial charge in [-0.25, -0.2) is 9.97 Å². The predicted octanol–water partition coefficient (Wildman–Crippen LogP) is 4.30. The van der Waals surface area contributed by atoms with Crippen molar-refractivity contribution in [3.8, 4) is 0 Å². The van der Waals surface area contributed by atoms with Gasteiger partial charge in [-0.15, -0.1) is 0 Å². The Morgan fingerprint density at radius 1 is 1.25 bits per heavy atom. The van der Waals surface area contributed by atoms with Crippen LogP contribution in [0, 0.1) is 5.92 Å². The quantitative estimate of drug-likeness (QED) is 0.613. The van der Waals surface area contributed by atoms with Crippen molar-refractivity contribution < 1.29 is 18.0 Å². The number of nitrogen functional groups attached to an aromatic ring is 1. The summed E-state index contributed by atoms with van der Waals surface area (Å²) < 4.78 is 41.1. The van der Waals surface area contributed by atoms with Crippen LogP contribution in [-0.2, 0) is 6.18 Å². The molecule has 32 heavy (non-hydrogen) atoms. The first-order valence-corrected chi connectivity index (χ1v) is 10.9. The number of alkyl halides is 3. The summed E-state index contributed by atoms with van der Waals surface area (Å²) >= 11 is 0. The summed E-state index contributed by atoms with van der Waals surface area (Å²) in [5.41, 5.74) is 3.93. The number of nitrogens with zero attached hydrogens (tertiary/aromatic N) is 3. The molecule has 0 unspecified atom stereocenters. The number of nitrogens with one attached hydrogen (secondary N) is 1. The zero-order chi connectivity index (χ0) is 23.5. The van der Waals surface area contributed by atoms with Gasteiger partial charge in [-0.1, -0.05) is 20.8 Å². The van der Waals surface area contributed by atoms with Gasteiger partial charge in [-0.3, -0.25) is 4.79 Å². The van der Waals surface area contributed by atoms with E-state index < -0.39 is 23.2 Å². The van der Waals surface area contributed by atoms with E-state index >= 15 is 0 Å². The summed E-state index contributed by atoms with van der Waals surface area (Å²) in [5, 5.41) is 3.62. The number of piperazine rings is 1. The summed E-state index contributed by atoms with van der Waals surface area (Å²) in [6.07, 6.45) is -0.449. The summed E-state index contributed by atoms with van der Waals surface area (Å²) in [6.45, 7) is 7.62. The predicted molar refractivity (Wildman–Crippen MR) is 119 cm³/mol. The smallest absolute Gasteiger partial charge is 0.383 e. The van der Waals surface area contributed by atoms with Gasteiger partial charge in [0.05, 0.1) is 11.1 Å². The lowest BCUT2D eigenvalue weighted by Crippen LogP contribution is -2.56. The minimum absolute atomic E-state index is 0.0933. The lowest BCUT2D eigenvalue weighted by Gasteiger charge is -2.40. The molecule has 3 rings (SSSR count). The highest BCUT2D eigenvalue weighted by Crippen LogP contribution is 2.34. The average molecular weight is 450 g/mol. The van der Waals surface area contributed by atoms with Gasteiger partial charge in [0, 0.05) is 31.4 Å². The fourth-order valence-corrected chi connectivity index (χ4v) is 3.95. The number of halogens is 3. The van der Waals surface area contributed by atoms with Crippen LogP contribution in [0.15, 0.2) is 30.5 Å². The molecule has 0 aliphatic carbocycles. The van der Waals surface area contributed by atoms with Gasteiger partial charge in [0.2, 0.25) is 5.78 Å². The molecule has 0 radical (unpaired) electrons. The van der Waals surface area contributed by atoms with Crippen molar-refractivity contribution in [1.29, 1.82) is 0 Å². The molecule has 0 aromatic carbocycles. The Labute approximate surface area is 186 Å². The lowest BCUT2D eigenvalue weighted by molar-refractivity contribution is -0.138.